The number of nitrogens with two attached hydrogens (primary N) is 1. The van der Waals surface area contributed by atoms with Crippen molar-refractivity contribution in [3.63, 3.8) is 0 Å². The topological polar surface area (TPSA) is 46.2 Å². The molecule has 0 amide bonds. The zero-order valence-corrected chi connectivity index (χ0v) is 5.82. The van der Waals surface area contributed by atoms with E-state index in [2.05, 4.69) is 5.92 Å². The maximum Gasteiger partial charge on any atom is 0.128 e. The third-order valence-electron chi connectivity index (χ3n) is 1.47. The number of aliphatic hydroxyl groups is 1. The van der Waals surface area contributed by atoms with Crippen molar-refractivity contribution in [3.8, 4) is 12.3 Å². The van der Waals surface area contributed by atoms with Crippen LogP contribution in [0.3, 0.4) is 0 Å². The lowest BCUT2D eigenvalue weighted by atomic mass is 9.77. The van der Waals surface area contributed by atoms with E-state index in [9.17, 15) is 0 Å². The van der Waals surface area contributed by atoms with Crippen LogP contribution in [0.5, 0.6) is 0 Å². The molecule has 1 aliphatic rings. The van der Waals surface area contributed by atoms with Crippen molar-refractivity contribution < 1.29 is 5.11 Å². The maximum atomic E-state index is 9.07. The van der Waals surface area contributed by atoms with E-state index in [-0.39, 0.29) is 18.4 Å². The van der Waals surface area contributed by atoms with Gasteiger partial charge in [-0.2, -0.15) is 0 Å². The second-order valence-electron chi connectivity index (χ2n) is 2.34. The fourth-order valence-electron chi connectivity index (χ4n) is 0.926. The molecular formula is C6H10ClNO. The Morgan fingerprint density at radius 1 is 1.67 bits per heavy atom. The monoisotopic (exact) mass is 147 g/mol. The molecule has 1 fully saturated rings. The van der Waals surface area contributed by atoms with E-state index in [0.29, 0.717) is 12.8 Å². The second-order valence-corrected chi connectivity index (χ2v) is 2.34. The summed E-state index contributed by atoms with van der Waals surface area (Å²) < 4.78 is 0. The van der Waals surface area contributed by atoms with Crippen LogP contribution in [-0.2, 0) is 0 Å². The Morgan fingerprint density at radius 2 is 2.11 bits per heavy atom. The number of halogens is 1. The normalized spacial score (nSPS) is 39.9. The van der Waals surface area contributed by atoms with Gasteiger partial charge in [-0.25, -0.2) is 0 Å². The van der Waals surface area contributed by atoms with Crippen LogP contribution in [0.4, 0.5) is 0 Å². The van der Waals surface area contributed by atoms with Crippen LogP contribution >= 0.6 is 12.4 Å². The van der Waals surface area contributed by atoms with Crippen LogP contribution < -0.4 is 5.73 Å². The van der Waals surface area contributed by atoms with Gasteiger partial charge in [-0.1, -0.05) is 5.92 Å². The molecule has 0 bridgehead atoms. The van der Waals surface area contributed by atoms with E-state index >= 15 is 0 Å². The van der Waals surface area contributed by atoms with Crippen molar-refractivity contribution in [1.82, 2.24) is 0 Å². The summed E-state index contributed by atoms with van der Waals surface area (Å²) in [7, 11) is 0. The molecule has 1 aliphatic carbocycles. The van der Waals surface area contributed by atoms with Gasteiger partial charge in [0.1, 0.15) is 5.60 Å². The zero-order chi connectivity index (χ0) is 6.20. The summed E-state index contributed by atoms with van der Waals surface area (Å²) in [5.74, 6) is 2.28. The average Bonchev–Trinajstić information content (AvgIpc) is 1.63. The average molecular weight is 148 g/mol. The largest absolute Gasteiger partial charge is 0.377 e. The molecule has 1 saturated carbocycles. The summed E-state index contributed by atoms with van der Waals surface area (Å²) in [5.41, 5.74) is 4.51. The SMILES string of the molecule is C#CC1(O)CC(N)C1.Cl. The van der Waals surface area contributed by atoms with Crippen LogP contribution in [-0.4, -0.2) is 16.7 Å². The van der Waals surface area contributed by atoms with E-state index in [0.717, 1.165) is 0 Å². The molecule has 1 rings (SSSR count). The van der Waals surface area contributed by atoms with Crippen molar-refractivity contribution in [3.05, 3.63) is 0 Å². The molecule has 0 unspecified atom stereocenters. The third-order valence-corrected chi connectivity index (χ3v) is 1.47. The molecule has 3 N–H and O–H groups in total. The van der Waals surface area contributed by atoms with E-state index < -0.39 is 5.60 Å². The van der Waals surface area contributed by atoms with E-state index in [1.54, 1.807) is 0 Å². The van der Waals surface area contributed by atoms with Gasteiger partial charge in [0.2, 0.25) is 0 Å². The lowest BCUT2D eigenvalue weighted by Gasteiger charge is -2.37. The summed E-state index contributed by atoms with van der Waals surface area (Å²) in [6, 6.07) is 0.121. The van der Waals surface area contributed by atoms with Crippen LogP contribution in [0.25, 0.3) is 0 Å². The highest BCUT2D eigenvalue weighted by molar-refractivity contribution is 5.85. The quantitative estimate of drug-likeness (QED) is 0.470. The smallest absolute Gasteiger partial charge is 0.128 e. The van der Waals surface area contributed by atoms with E-state index in [1.165, 1.54) is 0 Å². The van der Waals surface area contributed by atoms with Crippen molar-refractivity contribution in [2.24, 2.45) is 5.73 Å². The molecule has 0 atom stereocenters. The van der Waals surface area contributed by atoms with Crippen LogP contribution in [0.1, 0.15) is 12.8 Å². The summed E-state index contributed by atoms with van der Waals surface area (Å²) in [5, 5.41) is 9.07. The first kappa shape index (κ1) is 8.77. The predicted octanol–water partition coefficient (Wildman–Crippen LogP) is -0.106. The highest BCUT2D eigenvalue weighted by atomic mass is 35.5. The minimum absolute atomic E-state index is 0. The molecule has 0 radical (unpaired) electrons. The van der Waals surface area contributed by atoms with Gasteiger partial charge in [-0.15, -0.1) is 18.8 Å². The second kappa shape index (κ2) is 2.57. The van der Waals surface area contributed by atoms with Crippen LogP contribution in [0.15, 0.2) is 0 Å². The summed E-state index contributed by atoms with van der Waals surface area (Å²) >= 11 is 0. The molecule has 0 aliphatic heterocycles. The summed E-state index contributed by atoms with van der Waals surface area (Å²) in [6.07, 6.45) is 6.09. The van der Waals surface area contributed by atoms with Crippen LogP contribution in [0, 0.1) is 12.3 Å². The Bertz CT molecular complexity index is 134. The van der Waals surface area contributed by atoms with E-state index in [4.69, 9.17) is 17.3 Å². The number of terminal acetylenes is 1. The Labute approximate surface area is 60.8 Å². The molecule has 0 heterocycles. The highest BCUT2D eigenvalue weighted by Gasteiger charge is 2.38. The molecule has 2 nitrogen and oxygen atoms in total. The first-order valence-corrected chi connectivity index (χ1v) is 2.62. The van der Waals surface area contributed by atoms with Gasteiger partial charge in [0.15, 0.2) is 0 Å². The Kier molecular flexibility index (Phi) is 2.50. The Balaban J connectivity index is 0.000000640. The fraction of sp³-hybridized carbons (Fsp3) is 0.667. The van der Waals surface area contributed by atoms with Gasteiger partial charge in [0.05, 0.1) is 0 Å². The van der Waals surface area contributed by atoms with Gasteiger partial charge in [0, 0.05) is 18.9 Å². The van der Waals surface area contributed by atoms with Crippen molar-refractivity contribution >= 4 is 12.4 Å². The number of hydrogen-bond donors (Lipinski definition) is 2. The Hall–Kier alpha value is -0.230. The number of rotatable bonds is 0. The fourth-order valence-corrected chi connectivity index (χ4v) is 0.926. The lowest BCUT2D eigenvalue weighted by Crippen LogP contribution is -2.50. The van der Waals surface area contributed by atoms with Gasteiger partial charge in [-0.3, -0.25) is 0 Å². The number of hydrogen-bond acceptors (Lipinski definition) is 2. The van der Waals surface area contributed by atoms with E-state index in [1.807, 2.05) is 0 Å². The predicted molar refractivity (Wildman–Crippen MR) is 38.2 cm³/mol. The highest BCUT2D eigenvalue weighted by Crippen LogP contribution is 2.29. The minimum Gasteiger partial charge on any atom is -0.377 e. The summed E-state index contributed by atoms with van der Waals surface area (Å²) in [4.78, 5) is 0. The standard InChI is InChI=1S/C6H9NO.ClH/c1-2-6(8)3-5(7)4-6;/h1,5,8H,3-4,7H2;1H. The van der Waals surface area contributed by atoms with Crippen molar-refractivity contribution in [1.29, 1.82) is 0 Å². The summed E-state index contributed by atoms with van der Waals surface area (Å²) in [6.45, 7) is 0. The molecule has 0 saturated heterocycles. The van der Waals surface area contributed by atoms with Crippen molar-refractivity contribution in [2.75, 3.05) is 0 Å². The van der Waals surface area contributed by atoms with Gasteiger partial charge >= 0.3 is 0 Å². The molecule has 0 spiro atoms. The maximum absolute atomic E-state index is 9.07. The van der Waals surface area contributed by atoms with Gasteiger partial charge in [0.25, 0.3) is 0 Å². The zero-order valence-electron chi connectivity index (χ0n) is 5.00. The van der Waals surface area contributed by atoms with Crippen LogP contribution in [0.2, 0.25) is 0 Å². The molecular weight excluding hydrogens is 138 g/mol. The first-order chi connectivity index (χ1) is 3.66. The Morgan fingerprint density at radius 3 is 2.22 bits per heavy atom. The minimum atomic E-state index is -0.862. The molecule has 0 aromatic carbocycles. The van der Waals surface area contributed by atoms with Crippen molar-refractivity contribution in [2.45, 2.75) is 24.5 Å². The molecule has 52 valence electrons. The lowest BCUT2D eigenvalue weighted by molar-refractivity contribution is 0.00868. The van der Waals surface area contributed by atoms with Gasteiger partial charge < -0.3 is 10.8 Å². The first-order valence-electron chi connectivity index (χ1n) is 2.62. The molecule has 0 aromatic heterocycles. The van der Waals surface area contributed by atoms with Gasteiger partial charge in [-0.05, 0) is 0 Å². The molecule has 3 heteroatoms. The third kappa shape index (κ3) is 1.59. The molecule has 9 heavy (non-hydrogen) atoms. The molecule has 0 aromatic rings.